The van der Waals surface area contributed by atoms with Crippen LogP contribution < -0.4 is 5.32 Å². The zero-order valence-electron chi connectivity index (χ0n) is 12.4. The molecule has 0 radical (unpaired) electrons. The van der Waals surface area contributed by atoms with Gasteiger partial charge in [-0.3, -0.25) is 0 Å². The Morgan fingerprint density at radius 2 is 2.20 bits per heavy atom. The van der Waals surface area contributed by atoms with Crippen LogP contribution in [-0.4, -0.2) is 19.8 Å². The highest BCUT2D eigenvalue weighted by atomic mass is 16.5. The van der Waals surface area contributed by atoms with Crippen molar-refractivity contribution in [2.45, 2.75) is 57.5 Å². The third-order valence-corrected chi connectivity index (χ3v) is 4.54. The molecule has 2 atom stereocenters. The van der Waals surface area contributed by atoms with Crippen LogP contribution in [0.25, 0.3) is 0 Å². The van der Waals surface area contributed by atoms with Crippen LogP contribution in [0.4, 0.5) is 0 Å². The van der Waals surface area contributed by atoms with Crippen molar-refractivity contribution in [3.63, 3.8) is 0 Å². The summed E-state index contributed by atoms with van der Waals surface area (Å²) in [5.74, 6) is 0. The maximum Gasteiger partial charge on any atom is 0.0725 e. The third-order valence-electron chi connectivity index (χ3n) is 4.54. The summed E-state index contributed by atoms with van der Waals surface area (Å²) >= 11 is 0. The number of hydrogen-bond acceptors (Lipinski definition) is 3. The lowest BCUT2D eigenvalue weighted by Gasteiger charge is -2.18. The van der Waals surface area contributed by atoms with Crippen LogP contribution in [0.3, 0.4) is 0 Å². The van der Waals surface area contributed by atoms with Gasteiger partial charge in [0.25, 0.3) is 0 Å². The van der Waals surface area contributed by atoms with Crippen LogP contribution in [0.1, 0.15) is 54.8 Å². The van der Waals surface area contributed by atoms with Crippen molar-refractivity contribution in [1.82, 2.24) is 5.32 Å². The fraction of sp³-hybridized carbons (Fsp3) is 0.647. The van der Waals surface area contributed by atoms with Gasteiger partial charge in [-0.2, -0.15) is 0 Å². The zero-order valence-corrected chi connectivity index (χ0v) is 12.4. The molecule has 2 aliphatic rings. The lowest BCUT2D eigenvalue weighted by molar-refractivity contribution is 0.101. The van der Waals surface area contributed by atoms with E-state index in [1.165, 1.54) is 48.8 Å². The Kier molecular flexibility index (Phi) is 4.71. The molecule has 1 N–H and O–H groups in total. The Morgan fingerprint density at radius 3 is 3.00 bits per heavy atom. The van der Waals surface area contributed by atoms with Crippen LogP contribution in [0.2, 0.25) is 0 Å². The average molecular weight is 275 g/mol. The van der Waals surface area contributed by atoms with Crippen molar-refractivity contribution >= 4 is 0 Å². The van der Waals surface area contributed by atoms with Gasteiger partial charge in [0.2, 0.25) is 0 Å². The van der Waals surface area contributed by atoms with Crippen molar-refractivity contribution < 1.29 is 9.47 Å². The van der Waals surface area contributed by atoms with E-state index in [9.17, 15) is 0 Å². The lowest BCUT2D eigenvalue weighted by atomic mass is 9.96. The van der Waals surface area contributed by atoms with Crippen molar-refractivity contribution in [1.29, 1.82) is 0 Å². The summed E-state index contributed by atoms with van der Waals surface area (Å²) in [6, 6.07) is 7.24. The molecule has 0 aliphatic carbocycles. The van der Waals surface area contributed by atoms with Crippen molar-refractivity contribution in [3.05, 3.63) is 34.9 Å². The van der Waals surface area contributed by atoms with E-state index in [2.05, 4.69) is 30.6 Å². The van der Waals surface area contributed by atoms with Gasteiger partial charge in [-0.1, -0.05) is 18.2 Å². The van der Waals surface area contributed by atoms with Gasteiger partial charge in [-0.15, -0.1) is 0 Å². The summed E-state index contributed by atoms with van der Waals surface area (Å²) < 4.78 is 11.2. The molecule has 3 nitrogen and oxygen atoms in total. The lowest BCUT2D eigenvalue weighted by Crippen LogP contribution is -2.17. The first-order chi connectivity index (χ1) is 9.86. The van der Waals surface area contributed by atoms with E-state index < -0.39 is 0 Å². The molecule has 1 aromatic carbocycles. The van der Waals surface area contributed by atoms with Crippen molar-refractivity contribution in [2.24, 2.45) is 0 Å². The quantitative estimate of drug-likeness (QED) is 0.864. The number of nitrogens with one attached hydrogen (secondary N) is 1. The highest BCUT2D eigenvalue weighted by molar-refractivity contribution is 5.34. The molecule has 0 spiro atoms. The van der Waals surface area contributed by atoms with Crippen LogP contribution in [0, 0.1) is 0 Å². The normalized spacial score (nSPS) is 22.9. The topological polar surface area (TPSA) is 30.5 Å². The Hall–Kier alpha value is -0.900. The largest absolute Gasteiger partial charge is 0.378 e. The van der Waals surface area contributed by atoms with E-state index in [1.807, 2.05) is 0 Å². The molecular weight excluding hydrogens is 250 g/mol. The molecule has 0 amide bonds. The van der Waals surface area contributed by atoms with Crippen LogP contribution in [0.5, 0.6) is 0 Å². The smallest absolute Gasteiger partial charge is 0.0725 e. The Labute approximate surface area is 121 Å². The van der Waals surface area contributed by atoms with E-state index in [0.29, 0.717) is 12.1 Å². The first-order valence-corrected chi connectivity index (χ1v) is 7.85. The van der Waals surface area contributed by atoms with Gasteiger partial charge < -0.3 is 14.8 Å². The summed E-state index contributed by atoms with van der Waals surface area (Å²) in [5.41, 5.74) is 4.11. The number of benzene rings is 1. The fourth-order valence-corrected chi connectivity index (χ4v) is 3.31. The molecule has 2 aliphatic heterocycles. The minimum Gasteiger partial charge on any atom is -0.378 e. The third kappa shape index (κ3) is 3.22. The maximum atomic E-state index is 5.70. The minimum atomic E-state index is 0.447. The molecule has 1 aromatic rings. The SMILES string of the molecule is CNC(CCCC1CCCO1)c1ccc2c(c1)COC2. The van der Waals surface area contributed by atoms with Crippen molar-refractivity contribution in [2.75, 3.05) is 13.7 Å². The molecule has 110 valence electrons. The summed E-state index contributed by atoms with van der Waals surface area (Å²) in [7, 11) is 2.06. The summed E-state index contributed by atoms with van der Waals surface area (Å²) in [5, 5.41) is 3.45. The summed E-state index contributed by atoms with van der Waals surface area (Å²) in [4.78, 5) is 0. The molecule has 0 saturated carbocycles. The van der Waals surface area contributed by atoms with Gasteiger partial charge in [0, 0.05) is 12.6 Å². The average Bonchev–Trinajstić information content (AvgIpc) is 3.13. The van der Waals surface area contributed by atoms with Gasteiger partial charge >= 0.3 is 0 Å². The molecule has 0 bridgehead atoms. The highest BCUT2D eigenvalue weighted by Gasteiger charge is 2.18. The maximum absolute atomic E-state index is 5.70. The van der Waals surface area contributed by atoms with Crippen LogP contribution >= 0.6 is 0 Å². The fourth-order valence-electron chi connectivity index (χ4n) is 3.31. The zero-order chi connectivity index (χ0) is 13.8. The second-order valence-corrected chi connectivity index (χ2v) is 5.93. The van der Waals surface area contributed by atoms with Gasteiger partial charge in [0.1, 0.15) is 0 Å². The Balaban J connectivity index is 1.55. The predicted octanol–water partition coefficient (Wildman–Crippen LogP) is 3.33. The molecule has 1 fully saturated rings. The van der Waals surface area contributed by atoms with Crippen molar-refractivity contribution in [3.8, 4) is 0 Å². The molecule has 2 unspecified atom stereocenters. The first kappa shape index (κ1) is 14.1. The molecule has 20 heavy (non-hydrogen) atoms. The Bertz CT molecular complexity index is 441. The van der Waals surface area contributed by atoms with Gasteiger partial charge in [0.15, 0.2) is 0 Å². The first-order valence-electron chi connectivity index (χ1n) is 7.85. The van der Waals surface area contributed by atoms with Gasteiger partial charge in [-0.05, 0) is 55.8 Å². The van der Waals surface area contributed by atoms with Gasteiger partial charge in [-0.25, -0.2) is 0 Å². The molecule has 3 heteroatoms. The number of hydrogen-bond donors (Lipinski definition) is 1. The Morgan fingerprint density at radius 1 is 1.30 bits per heavy atom. The standard InChI is InChI=1S/C17H25NO2/c1-18-17(6-2-4-16-5-3-9-20-16)13-7-8-14-11-19-12-15(14)10-13/h7-8,10,16-18H,2-6,9,11-12H2,1H3. The van der Waals surface area contributed by atoms with E-state index in [1.54, 1.807) is 0 Å². The van der Waals surface area contributed by atoms with Crippen LogP contribution in [-0.2, 0) is 22.7 Å². The number of fused-ring (bicyclic) bond motifs is 1. The van der Waals surface area contributed by atoms with E-state index in [-0.39, 0.29) is 0 Å². The number of ether oxygens (including phenoxy) is 2. The molecule has 3 rings (SSSR count). The molecule has 0 aromatic heterocycles. The molecular formula is C17H25NO2. The predicted molar refractivity (Wildman–Crippen MR) is 79.6 cm³/mol. The monoisotopic (exact) mass is 275 g/mol. The van der Waals surface area contributed by atoms with Gasteiger partial charge in [0.05, 0.1) is 19.3 Å². The van der Waals surface area contributed by atoms with Crippen LogP contribution in [0.15, 0.2) is 18.2 Å². The van der Waals surface area contributed by atoms with E-state index >= 15 is 0 Å². The summed E-state index contributed by atoms with van der Waals surface area (Å²) in [6.45, 7) is 2.51. The number of rotatable bonds is 6. The second kappa shape index (κ2) is 6.70. The molecule has 1 saturated heterocycles. The molecule has 2 heterocycles. The summed E-state index contributed by atoms with van der Waals surface area (Å²) in [6.07, 6.45) is 6.61. The van der Waals surface area contributed by atoms with E-state index in [4.69, 9.17) is 9.47 Å². The second-order valence-electron chi connectivity index (χ2n) is 5.93. The highest BCUT2D eigenvalue weighted by Crippen LogP contribution is 2.27. The van der Waals surface area contributed by atoms with E-state index in [0.717, 1.165) is 19.8 Å². The minimum absolute atomic E-state index is 0.447.